The van der Waals surface area contributed by atoms with Crippen LogP contribution in [-0.2, 0) is 11.2 Å². The van der Waals surface area contributed by atoms with Gasteiger partial charge in [-0.1, -0.05) is 50.3 Å². The monoisotopic (exact) mass is 330 g/mol. The van der Waals surface area contributed by atoms with Crippen molar-refractivity contribution in [3.8, 4) is 0 Å². The van der Waals surface area contributed by atoms with Crippen LogP contribution in [0.3, 0.4) is 0 Å². The van der Waals surface area contributed by atoms with Gasteiger partial charge >= 0.3 is 0 Å². The maximum Gasteiger partial charge on any atom is 0.247 e. The Morgan fingerprint density at radius 2 is 2.04 bits per heavy atom. The molecule has 24 heavy (non-hydrogen) atoms. The predicted octanol–water partition coefficient (Wildman–Crippen LogP) is 2.42. The number of hydrogen-bond donors (Lipinski definition) is 3. The van der Waals surface area contributed by atoms with E-state index in [9.17, 15) is 9.90 Å². The second kappa shape index (κ2) is 9.00. The van der Waals surface area contributed by atoms with E-state index >= 15 is 0 Å². The first-order chi connectivity index (χ1) is 11.5. The third-order valence-corrected chi connectivity index (χ3v) is 4.68. The summed E-state index contributed by atoms with van der Waals surface area (Å²) in [6.07, 6.45) is 4.44. The third kappa shape index (κ3) is 5.18. The van der Waals surface area contributed by atoms with Crippen molar-refractivity contribution >= 4 is 5.91 Å². The van der Waals surface area contributed by atoms with Gasteiger partial charge in [-0.15, -0.1) is 0 Å². The lowest BCUT2D eigenvalue weighted by Crippen LogP contribution is -2.43. The van der Waals surface area contributed by atoms with Crippen LogP contribution in [0.25, 0.3) is 0 Å². The number of aliphatic hydroxyl groups is 1. The van der Waals surface area contributed by atoms with Crippen molar-refractivity contribution in [1.29, 1.82) is 0 Å². The van der Waals surface area contributed by atoms with Gasteiger partial charge in [-0.25, -0.2) is 0 Å². The Bertz CT molecular complexity index is 554. The molecule has 0 saturated carbocycles. The van der Waals surface area contributed by atoms with Crippen LogP contribution in [0.15, 0.2) is 42.0 Å². The van der Waals surface area contributed by atoms with Crippen LogP contribution in [-0.4, -0.2) is 29.7 Å². The molecule has 0 aromatic heterocycles. The SMILES string of the molecule is CC(C)CCNC(=O)C1=CCCC1C(O)C(N)Cc1ccccc1. The molecule has 1 aromatic carbocycles. The molecule has 0 bridgehead atoms. The highest BCUT2D eigenvalue weighted by molar-refractivity contribution is 5.94. The van der Waals surface area contributed by atoms with Crippen molar-refractivity contribution in [2.24, 2.45) is 17.6 Å². The quantitative estimate of drug-likeness (QED) is 0.685. The van der Waals surface area contributed by atoms with Crippen molar-refractivity contribution in [3.63, 3.8) is 0 Å². The van der Waals surface area contributed by atoms with Gasteiger partial charge in [0.05, 0.1) is 6.10 Å². The molecule has 4 heteroatoms. The lowest BCUT2D eigenvalue weighted by atomic mass is 9.87. The van der Waals surface area contributed by atoms with E-state index in [-0.39, 0.29) is 17.9 Å². The van der Waals surface area contributed by atoms with Crippen LogP contribution in [0.2, 0.25) is 0 Å². The van der Waals surface area contributed by atoms with Gasteiger partial charge in [0.2, 0.25) is 5.91 Å². The number of aliphatic hydroxyl groups excluding tert-OH is 1. The molecule has 0 fully saturated rings. The highest BCUT2D eigenvalue weighted by Crippen LogP contribution is 2.30. The Kier molecular flexibility index (Phi) is 7.00. The third-order valence-electron chi connectivity index (χ3n) is 4.68. The molecule has 2 rings (SSSR count). The van der Waals surface area contributed by atoms with Gasteiger partial charge in [0, 0.05) is 24.1 Å². The van der Waals surface area contributed by atoms with Gasteiger partial charge in [-0.2, -0.15) is 0 Å². The summed E-state index contributed by atoms with van der Waals surface area (Å²) < 4.78 is 0. The maximum absolute atomic E-state index is 12.4. The van der Waals surface area contributed by atoms with E-state index in [2.05, 4.69) is 19.2 Å². The summed E-state index contributed by atoms with van der Waals surface area (Å²) in [7, 11) is 0. The van der Waals surface area contributed by atoms with E-state index in [1.807, 2.05) is 36.4 Å². The summed E-state index contributed by atoms with van der Waals surface area (Å²) >= 11 is 0. The van der Waals surface area contributed by atoms with E-state index in [1.54, 1.807) is 0 Å². The molecule has 4 nitrogen and oxygen atoms in total. The largest absolute Gasteiger partial charge is 0.391 e. The van der Waals surface area contributed by atoms with E-state index < -0.39 is 6.10 Å². The topological polar surface area (TPSA) is 75.3 Å². The number of nitrogens with two attached hydrogens (primary N) is 1. The fourth-order valence-electron chi connectivity index (χ4n) is 3.22. The highest BCUT2D eigenvalue weighted by atomic mass is 16.3. The number of rotatable bonds is 8. The van der Waals surface area contributed by atoms with E-state index in [0.29, 0.717) is 24.5 Å². The molecule has 0 saturated heterocycles. The summed E-state index contributed by atoms with van der Waals surface area (Å²) in [5.41, 5.74) is 8.03. The van der Waals surface area contributed by atoms with Crippen LogP contribution in [0.5, 0.6) is 0 Å². The summed E-state index contributed by atoms with van der Waals surface area (Å²) in [6, 6.07) is 9.55. The minimum absolute atomic E-state index is 0.0517. The van der Waals surface area contributed by atoms with Gasteiger partial charge in [0.25, 0.3) is 0 Å². The minimum Gasteiger partial charge on any atom is -0.391 e. The van der Waals surface area contributed by atoms with Crippen molar-refractivity contribution < 1.29 is 9.90 Å². The Hall–Kier alpha value is -1.65. The molecular formula is C20H30N2O2. The summed E-state index contributed by atoms with van der Waals surface area (Å²) in [4.78, 5) is 12.4. The summed E-state index contributed by atoms with van der Waals surface area (Å²) in [5.74, 6) is 0.343. The molecule has 4 N–H and O–H groups in total. The number of carbonyl (C=O) groups is 1. The Morgan fingerprint density at radius 3 is 2.71 bits per heavy atom. The fraction of sp³-hybridized carbons (Fsp3) is 0.550. The first kappa shape index (κ1) is 18.7. The normalized spacial score (nSPS) is 19.9. The number of benzene rings is 1. The molecule has 1 aliphatic carbocycles. The molecule has 3 atom stereocenters. The number of nitrogens with one attached hydrogen (secondary N) is 1. The molecule has 0 radical (unpaired) electrons. The smallest absolute Gasteiger partial charge is 0.247 e. The average Bonchev–Trinajstić information content (AvgIpc) is 3.04. The second-order valence-corrected chi connectivity index (χ2v) is 7.13. The molecule has 132 valence electrons. The van der Waals surface area contributed by atoms with Gasteiger partial charge in [0.1, 0.15) is 0 Å². The molecule has 0 spiro atoms. The number of amides is 1. The first-order valence-corrected chi connectivity index (χ1v) is 8.95. The molecule has 3 unspecified atom stereocenters. The zero-order chi connectivity index (χ0) is 17.5. The standard InChI is InChI=1S/C20H30N2O2/c1-14(2)11-12-22-20(24)17-10-6-9-16(17)19(23)18(21)13-15-7-4-3-5-8-15/h3-5,7-8,10,14,16,18-19,23H,6,9,11-13,21H2,1-2H3,(H,22,24). The number of hydrogen-bond acceptors (Lipinski definition) is 3. The van der Waals surface area contributed by atoms with Gasteiger partial charge in [0.15, 0.2) is 0 Å². The summed E-state index contributed by atoms with van der Waals surface area (Å²) in [5, 5.41) is 13.6. The van der Waals surface area contributed by atoms with Crippen LogP contribution in [0.4, 0.5) is 0 Å². The molecule has 1 aromatic rings. The van der Waals surface area contributed by atoms with Crippen molar-refractivity contribution in [2.75, 3.05) is 6.54 Å². The average molecular weight is 330 g/mol. The predicted molar refractivity (Wildman–Crippen MR) is 97.4 cm³/mol. The molecule has 1 amide bonds. The van der Waals surface area contributed by atoms with Crippen LogP contribution >= 0.6 is 0 Å². The van der Waals surface area contributed by atoms with Gasteiger partial charge in [-0.05, 0) is 37.2 Å². The molecule has 0 heterocycles. The minimum atomic E-state index is -0.699. The van der Waals surface area contributed by atoms with Crippen molar-refractivity contribution in [2.45, 2.75) is 51.7 Å². The highest BCUT2D eigenvalue weighted by Gasteiger charge is 2.33. The second-order valence-electron chi connectivity index (χ2n) is 7.13. The van der Waals surface area contributed by atoms with Gasteiger partial charge in [-0.3, -0.25) is 4.79 Å². The Balaban J connectivity index is 1.92. The van der Waals surface area contributed by atoms with Crippen molar-refractivity contribution in [1.82, 2.24) is 5.32 Å². The summed E-state index contributed by atoms with van der Waals surface area (Å²) in [6.45, 7) is 4.94. The zero-order valence-corrected chi connectivity index (χ0v) is 14.7. The Labute approximate surface area is 145 Å². The van der Waals surface area contributed by atoms with Crippen LogP contribution < -0.4 is 11.1 Å². The molecular weight excluding hydrogens is 300 g/mol. The van der Waals surface area contributed by atoms with Gasteiger partial charge < -0.3 is 16.2 Å². The molecule has 1 aliphatic rings. The first-order valence-electron chi connectivity index (χ1n) is 8.95. The zero-order valence-electron chi connectivity index (χ0n) is 14.7. The van der Waals surface area contributed by atoms with Crippen molar-refractivity contribution in [3.05, 3.63) is 47.5 Å². The van der Waals surface area contributed by atoms with Crippen LogP contribution in [0.1, 0.15) is 38.7 Å². The van der Waals surface area contributed by atoms with Crippen LogP contribution in [0, 0.1) is 11.8 Å². The Morgan fingerprint density at radius 1 is 1.33 bits per heavy atom. The number of allylic oxidation sites excluding steroid dienone is 1. The maximum atomic E-state index is 12.4. The van der Waals surface area contributed by atoms with E-state index in [0.717, 1.165) is 24.8 Å². The number of carbonyl (C=O) groups excluding carboxylic acids is 1. The fourth-order valence-corrected chi connectivity index (χ4v) is 3.22. The lowest BCUT2D eigenvalue weighted by molar-refractivity contribution is -0.118. The lowest BCUT2D eigenvalue weighted by Gasteiger charge is -2.26. The van der Waals surface area contributed by atoms with E-state index in [1.165, 1.54) is 0 Å². The van der Waals surface area contributed by atoms with E-state index in [4.69, 9.17) is 5.73 Å². The molecule has 0 aliphatic heterocycles.